The van der Waals surface area contributed by atoms with Crippen LogP contribution in [0.15, 0.2) is 72.8 Å². The molecule has 0 radical (unpaired) electrons. The molecule has 3 aromatic carbocycles. The Bertz CT molecular complexity index is 757. The molecule has 4 heteroatoms. The molecule has 0 saturated carbocycles. The molecular weight excluding hydrogens is 449 g/mol. The Balaban J connectivity index is 0.000000610. The number of benzene rings is 1. The molecule has 3 aromatic rings. The van der Waals surface area contributed by atoms with E-state index in [-0.39, 0.29) is 25.0 Å². The van der Waals surface area contributed by atoms with E-state index in [0.29, 0.717) is 5.66 Å². The number of hydrogen-bond donors (Lipinski definition) is 0. The van der Waals surface area contributed by atoms with Crippen LogP contribution >= 0.6 is 25.1 Å². The summed E-state index contributed by atoms with van der Waals surface area (Å²) in [4.78, 5) is 0. The van der Waals surface area contributed by atoms with Crippen LogP contribution in [0.2, 0.25) is 0 Å². The van der Waals surface area contributed by atoms with E-state index in [1.165, 1.54) is 5.30 Å². The summed E-state index contributed by atoms with van der Waals surface area (Å²) in [6, 6.07) is 26.0. The maximum absolute atomic E-state index is 2.45. The molecule has 0 aromatic heterocycles. The van der Waals surface area contributed by atoms with Crippen molar-refractivity contribution in [2.24, 2.45) is 0 Å². The first-order valence-electron chi connectivity index (χ1n) is 10.2. The molecule has 3 rings (SSSR count). The summed E-state index contributed by atoms with van der Waals surface area (Å²) >= 11 is 0. The van der Waals surface area contributed by atoms with Crippen LogP contribution in [-0.4, -0.2) is 17.0 Å². The minimum Gasteiger partial charge on any atom is -0.748 e. The van der Waals surface area contributed by atoms with E-state index >= 15 is 0 Å². The van der Waals surface area contributed by atoms with Crippen molar-refractivity contribution < 1.29 is 17.1 Å². The normalized spacial score (nSPS) is 12.7. The van der Waals surface area contributed by atoms with Crippen LogP contribution in [0.25, 0.3) is 0 Å². The third-order valence-electron chi connectivity index (χ3n) is 4.18. The first-order chi connectivity index (χ1) is 13.4. The Labute approximate surface area is 194 Å². The Morgan fingerprint density at radius 1 is 0.793 bits per heavy atom. The second kappa shape index (κ2) is 13.9. The van der Waals surface area contributed by atoms with Gasteiger partial charge in [0.2, 0.25) is 0 Å². The summed E-state index contributed by atoms with van der Waals surface area (Å²) < 4.78 is 0. The van der Waals surface area contributed by atoms with Crippen molar-refractivity contribution in [3.05, 3.63) is 72.8 Å². The molecule has 164 valence electrons. The van der Waals surface area contributed by atoms with Crippen molar-refractivity contribution in [2.75, 3.05) is 0 Å². The van der Waals surface area contributed by atoms with E-state index in [2.05, 4.69) is 84.0 Å². The van der Waals surface area contributed by atoms with Crippen molar-refractivity contribution in [3.8, 4) is 0 Å². The van der Waals surface area contributed by atoms with Crippen LogP contribution in [0.5, 0.6) is 0 Å². The zero-order valence-corrected chi connectivity index (χ0v) is 22.5. The zero-order valence-electron chi connectivity index (χ0n) is 18.5. The van der Waals surface area contributed by atoms with Crippen LogP contribution in [0.1, 0.15) is 41.5 Å². The van der Waals surface area contributed by atoms with Crippen LogP contribution in [0, 0.1) is 0 Å². The third-order valence-corrected chi connectivity index (χ3v) is 10.1. The second-order valence-electron chi connectivity index (χ2n) is 7.87. The molecule has 0 N–H and O–H groups in total. The van der Waals surface area contributed by atoms with Gasteiger partial charge < -0.3 is 30.3 Å². The molecule has 29 heavy (non-hydrogen) atoms. The Hall–Kier alpha value is -0.271. The quantitative estimate of drug-likeness (QED) is 0.217. The predicted octanol–water partition coefficient (Wildman–Crippen LogP) is 6.07. The maximum atomic E-state index is 2.45. The summed E-state index contributed by atoms with van der Waals surface area (Å²) in [7, 11) is 1.62. The van der Waals surface area contributed by atoms with Crippen LogP contribution in [0.4, 0.5) is 0 Å². The molecule has 0 aliphatic carbocycles. The van der Waals surface area contributed by atoms with Gasteiger partial charge in [0.1, 0.15) is 0 Å². The fourth-order valence-corrected chi connectivity index (χ4v) is 8.91. The van der Waals surface area contributed by atoms with Gasteiger partial charge in [0.15, 0.2) is 0 Å². The summed E-state index contributed by atoms with van der Waals surface area (Å²) in [5.74, 6) is 0. The zero-order chi connectivity index (χ0) is 20.5. The minimum absolute atomic E-state index is 0. The molecule has 0 aliphatic rings. The molecular formula is C25H35FeP3-6. The van der Waals surface area contributed by atoms with E-state index in [1.807, 2.05) is 30.3 Å². The Morgan fingerprint density at radius 2 is 1.34 bits per heavy atom. The fraction of sp³-hybridized carbons (Fsp3) is 0.360. The van der Waals surface area contributed by atoms with E-state index in [9.17, 15) is 0 Å². The molecule has 0 nitrogen and oxygen atoms in total. The van der Waals surface area contributed by atoms with Gasteiger partial charge in [0.05, 0.1) is 0 Å². The molecule has 3 atom stereocenters. The van der Waals surface area contributed by atoms with Crippen molar-refractivity contribution in [3.63, 3.8) is 0 Å². The fourth-order valence-electron chi connectivity index (χ4n) is 3.16. The van der Waals surface area contributed by atoms with E-state index in [4.69, 9.17) is 0 Å². The summed E-state index contributed by atoms with van der Waals surface area (Å²) in [5, 5.41) is 6.50. The third kappa shape index (κ3) is 8.78. The largest absolute Gasteiger partial charge is 0.748 e. The summed E-state index contributed by atoms with van der Waals surface area (Å²) in [6.07, 6.45) is 0. The SMILES string of the molecule is CC(C)Pc1c(P(c2ccccc2)C(C)C)cc[c-]1PC(C)C.[Fe].[cH-]1[cH-][cH-][cH-][cH-]1. The molecule has 0 bridgehead atoms. The van der Waals surface area contributed by atoms with Gasteiger partial charge in [-0.15, -0.1) is 35.7 Å². The maximum Gasteiger partial charge on any atom is 0 e. The van der Waals surface area contributed by atoms with Crippen molar-refractivity contribution in [2.45, 2.75) is 58.5 Å². The molecule has 0 heterocycles. The van der Waals surface area contributed by atoms with Gasteiger partial charge in [-0.3, -0.25) is 0 Å². The molecule has 0 saturated heterocycles. The van der Waals surface area contributed by atoms with E-state index < -0.39 is 0 Å². The smallest absolute Gasteiger partial charge is 0 e. The summed E-state index contributed by atoms with van der Waals surface area (Å²) in [6.45, 7) is 14.2. The molecule has 0 fully saturated rings. The predicted molar refractivity (Wildman–Crippen MR) is 138 cm³/mol. The van der Waals surface area contributed by atoms with Gasteiger partial charge in [0, 0.05) is 17.1 Å². The average Bonchev–Trinajstić information content (AvgIpc) is 3.31. The Kier molecular flexibility index (Phi) is 12.8. The summed E-state index contributed by atoms with van der Waals surface area (Å²) in [5.41, 5.74) is 2.18. The topological polar surface area (TPSA) is 0 Å². The first-order valence-corrected chi connectivity index (χ1v) is 13.8. The molecule has 3 unspecified atom stereocenters. The van der Waals surface area contributed by atoms with Gasteiger partial charge in [0.25, 0.3) is 0 Å². The average molecular weight is 484 g/mol. The van der Waals surface area contributed by atoms with Crippen LogP contribution in [0.3, 0.4) is 0 Å². The van der Waals surface area contributed by atoms with Crippen molar-refractivity contribution in [1.82, 2.24) is 0 Å². The number of rotatable bonds is 7. The second-order valence-corrected chi connectivity index (χ2v) is 14.6. The van der Waals surface area contributed by atoms with Crippen LogP contribution in [-0.2, 0) is 17.1 Å². The van der Waals surface area contributed by atoms with Gasteiger partial charge in [-0.25, -0.2) is 6.07 Å². The first kappa shape index (κ1) is 26.8. The molecule has 0 spiro atoms. The standard InChI is InChI=1S/C20H30P3.C5H5.Fe/c1-14(2)21-18-12-13-19(20(18)22-15(3)4)23(16(5)6)17-10-8-7-9-11-17;1-2-4-5-3-1;/h7-16,21-22H,1-6H3;1-5H;/q-1;-5;. The van der Waals surface area contributed by atoms with Gasteiger partial charge in [-0.1, -0.05) is 71.9 Å². The Morgan fingerprint density at radius 3 is 1.79 bits per heavy atom. The van der Waals surface area contributed by atoms with Crippen molar-refractivity contribution in [1.29, 1.82) is 0 Å². The molecule has 0 aliphatic heterocycles. The number of hydrogen-bond acceptors (Lipinski definition) is 0. The van der Waals surface area contributed by atoms with Gasteiger partial charge in [-0.05, 0) is 22.3 Å². The molecule has 0 amide bonds. The van der Waals surface area contributed by atoms with Gasteiger partial charge >= 0.3 is 0 Å². The minimum atomic E-state index is -0.254. The van der Waals surface area contributed by atoms with E-state index in [1.54, 1.807) is 15.9 Å². The van der Waals surface area contributed by atoms with E-state index in [0.717, 1.165) is 28.5 Å². The van der Waals surface area contributed by atoms with Gasteiger partial charge in [-0.2, -0.15) is 11.4 Å². The van der Waals surface area contributed by atoms with Crippen molar-refractivity contribution >= 4 is 46.3 Å². The monoisotopic (exact) mass is 484 g/mol. The van der Waals surface area contributed by atoms with Crippen LogP contribution < -0.4 is 21.2 Å².